The Bertz CT molecular complexity index is 1080. The molecule has 30 heavy (non-hydrogen) atoms. The number of benzene rings is 2. The summed E-state index contributed by atoms with van der Waals surface area (Å²) >= 11 is 0. The minimum atomic E-state index is -0.212. The van der Waals surface area contributed by atoms with Crippen molar-refractivity contribution >= 4 is 23.0 Å². The third-order valence-corrected chi connectivity index (χ3v) is 5.44. The lowest BCUT2D eigenvalue weighted by Gasteiger charge is -2.34. The molecule has 4 rings (SSSR count). The van der Waals surface area contributed by atoms with E-state index in [4.69, 9.17) is 0 Å². The highest BCUT2D eigenvalue weighted by Gasteiger charge is 2.20. The van der Waals surface area contributed by atoms with Gasteiger partial charge in [0.05, 0.1) is 11.0 Å². The number of carbonyl (C=O) groups excluding carboxylic acids is 1. The molecule has 3 aromatic rings. The van der Waals surface area contributed by atoms with E-state index in [9.17, 15) is 9.59 Å². The molecule has 2 heterocycles. The Balaban J connectivity index is 1.25. The van der Waals surface area contributed by atoms with Crippen LogP contribution in [0, 0.1) is 0 Å². The van der Waals surface area contributed by atoms with E-state index in [0.717, 1.165) is 43.8 Å². The standard InChI is InChI=1S/C24H26N4O2/c29-23(13-12-22-24(30)26-21-11-5-4-10-20(21)25-22)28-17-15-27(16-18-28)14-6-9-19-7-2-1-3-8-19/h1-11H,12-18H2,(H,26,30)/b9-6+. The van der Waals surface area contributed by atoms with Crippen LogP contribution < -0.4 is 5.56 Å². The highest BCUT2D eigenvalue weighted by atomic mass is 16.2. The summed E-state index contributed by atoms with van der Waals surface area (Å²) in [6.07, 6.45) is 4.97. The maximum Gasteiger partial charge on any atom is 0.270 e. The lowest BCUT2D eigenvalue weighted by Crippen LogP contribution is -2.48. The maximum absolute atomic E-state index is 12.6. The first-order chi connectivity index (χ1) is 14.7. The zero-order chi connectivity index (χ0) is 20.8. The number of H-pyrrole nitrogens is 1. The molecular formula is C24H26N4O2. The number of hydrogen-bond acceptors (Lipinski definition) is 4. The molecule has 0 aliphatic carbocycles. The maximum atomic E-state index is 12.6. The molecule has 1 aromatic heterocycles. The fraction of sp³-hybridized carbons (Fsp3) is 0.292. The van der Waals surface area contributed by atoms with Crippen LogP contribution >= 0.6 is 0 Å². The minimum Gasteiger partial charge on any atom is -0.340 e. The predicted molar refractivity (Wildman–Crippen MR) is 119 cm³/mol. The second-order valence-corrected chi connectivity index (χ2v) is 7.52. The zero-order valence-corrected chi connectivity index (χ0v) is 17.0. The molecule has 1 N–H and O–H groups in total. The molecule has 0 saturated carbocycles. The number of carbonyl (C=O) groups is 1. The molecule has 1 amide bonds. The van der Waals surface area contributed by atoms with Crippen molar-refractivity contribution in [3.63, 3.8) is 0 Å². The number of rotatable bonds is 6. The lowest BCUT2D eigenvalue weighted by molar-refractivity contribution is -0.132. The molecule has 0 unspecified atom stereocenters. The van der Waals surface area contributed by atoms with Gasteiger partial charge in [-0.05, 0) is 17.7 Å². The van der Waals surface area contributed by atoms with Crippen LogP contribution in [-0.4, -0.2) is 58.4 Å². The van der Waals surface area contributed by atoms with Crippen molar-refractivity contribution < 1.29 is 4.79 Å². The Labute approximate surface area is 175 Å². The Morgan fingerprint density at radius 2 is 1.73 bits per heavy atom. The SMILES string of the molecule is O=C(CCc1nc2ccccc2[nH]c1=O)N1CCN(C/C=C/c2ccccc2)CC1. The second kappa shape index (κ2) is 9.50. The number of piperazine rings is 1. The summed E-state index contributed by atoms with van der Waals surface area (Å²) in [5.41, 5.74) is 2.87. The highest BCUT2D eigenvalue weighted by molar-refractivity contribution is 5.77. The van der Waals surface area contributed by atoms with Crippen LogP contribution in [0.1, 0.15) is 17.7 Å². The molecule has 1 saturated heterocycles. The summed E-state index contributed by atoms with van der Waals surface area (Å²) < 4.78 is 0. The van der Waals surface area contributed by atoms with Crippen molar-refractivity contribution in [1.82, 2.24) is 19.8 Å². The number of aryl methyl sites for hydroxylation is 1. The zero-order valence-electron chi connectivity index (χ0n) is 17.0. The van der Waals surface area contributed by atoms with Crippen LogP contribution in [0.25, 0.3) is 17.1 Å². The minimum absolute atomic E-state index is 0.0869. The van der Waals surface area contributed by atoms with E-state index in [1.165, 1.54) is 5.56 Å². The summed E-state index contributed by atoms with van der Waals surface area (Å²) in [4.78, 5) is 36.3. The number of aromatic amines is 1. The van der Waals surface area contributed by atoms with Crippen molar-refractivity contribution in [2.45, 2.75) is 12.8 Å². The van der Waals surface area contributed by atoms with Gasteiger partial charge in [0.2, 0.25) is 5.91 Å². The van der Waals surface area contributed by atoms with Gasteiger partial charge in [0.15, 0.2) is 0 Å². The van der Waals surface area contributed by atoms with Crippen LogP contribution in [0.3, 0.4) is 0 Å². The smallest absolute Gasteiger partial charge is 0.270 e. The van der Waals surface area contributed by atoms with E-state index in [0.29, 0.717) is 18.5 Å². The Hall–Kier alpha value is -3.25. The quantitative estimate of drug-likeness (QED) is 0.688. The first kappa shape index (κ1) is 20.0. The summed E-state index contributed by atoms with van der Waals surface area (Å²) in [5.74, 6) is 0.0869. The van der Waals surface area contributed by atoms with E-state index in [2.05, 4.69) is 39.2 Å². The number of amides is 1. The molecule has 6 nitrogen and oxygen atoms in total. The molecular weight excluding hydrogens is 376 g/mol. The molecule has 154 valence electrons. The first-order valence-corrected chi connectivity index (χ1v) is 10.4. The van der Waals surface area contributed by atoms with Gasteiger partial charge in [-0.3, -0.25) is 14.5 Å². The van der Waals surface area contributed by atoms with Crippen molar-refractivity contribution in [1.29, 1.82) is 0 Å². The fourth-order valence-electron chi connectivity index (χ4n) is 3.70. The molecule has 0 radical (unpaired) electrons. The van der Waals surface area contributed by atoms with Crippen LogP contribution in [0.5, 0.6) is 0 Å². The van der Waals surface area contributed by atoms with Gasteiger partial charge in [-0.15, -0.1) is 0 Å². The van der Waals surface area contributed by atoms with Crippen LogP contribution in [0.4, 0.5) is 0 Å². The molecule has 1 fully saturated rings. The number of nitrogens with zero attached hydrogens (tertiary/aromatic N) is 3. The van der Waals surface area contributed by atoms with E-state index < -0.39 is 0 Å². The van der Waals surface area contributed by atoms with Crippen molar-refractivity contribution in [2.24, 2.45) is 0 Å². The lowest BCUT2D eigenvalue weighted by atomic mass is 10.2. The normalized spacial score (nSPS) is 15.1. The van der Waals surface area contributed by atoms with E-state index >= 15 is 0 Å². The van der Waals surface area contributed by atoms with Gasteiger partial charge in [-0.25, -0.2) is 4.98 Å². The fourth-order valence-corrected chi connectivity index (χ4v) is 3.70. The number of aromatic nitrogens is 2. The predicted octanol–water partition coefficient (Wildman–Crippen LogP) is 2.71. The molecule has 2 aromatic carbocycles. The highest BCUT2D eigenvalue weighted by Crippen LogP contribution is 2.09. The van der Waals surface area contributed by atoms with Gasteiger partial charge in [0.25, 0.3) is 5.56 Å². The number of nitrogens with one attached hydrogen (secondary N) is 1. The molecule has 0 atom stereocenters. The van der Waals surface area contributed by atoms with E-state index in [1.807, 2.05) is 47.4 Å². The van der Waals surface area contributed by atoms with Crippen LogP contribution in [0.2, 0.25) is 0 Å². The average Bonchev–Trinajstić information content (AvgIpc) is 2.78. The van der Waals surface area contributed by atoms with Crippen molar-refractivity contribution in [3.8, 4) is 0 Å². The molecule has 1 aliphatic rings. The van der Waals surface area contributed by atoms with Crippen molar-refractivity contribution in [3.05, 3.63) is 82.3 Å². The Morgan fingerprint density at radius 1 is 1.00 bits per heavy atom. The third-order valence-electron chi connectivity index (χ3n) is 5.44. The Morgan fingerprint density at radius 3 is 2.53 bits per heavy atom. The summed E-state index contributed by atoms with van der Waals surface area (Å²) in [6, 6.07) is 17.7. The summed E-state index contributed by atoms with van der Waals surface area (Å²) in [7, 11) is 0. The molecule has 6 heteroatoms. The molecule has 0 spiro atoms. The van der Waals surface area contributed by atoms with Crippen molar-refractivity contribution in [2.75, 3.05) is 32.7 Å². The number of hydrogen-bond donors (Lipinski definition) is 1. The van der Waals surface area contributed by atoms with E-state index in [1.54, 1.807) is 0 Å². The number of para-hydroxylation sites is 2. The van der Waals surface area contributed by atoms with Gasteiger partial charge in [0.1, 0.15) is 5.69 Å². The summed E-state index contributed by atoms with van der Waals surface area (Å²) in [5, 5.41) is 0. The van der Waals surface area contributed by atoms with Gasteiger partial charge in [-0.1, -0.05) is 54.6 Å². The number of fused-ring (bicyclic) bond motifs is 1. The van der Waals surface area contributed by atoms with Gasteiger partial charge in [0, 0.05) is 45.6 Å². The van der Waals surface area contributed by atoms with Crippen LogP contribution in [0.15, 0.2) is 65.5 Å². The topological polar surface area (TPSA) is 69.3 Å². The van der Waals surface area contributed by atoms with Gasteiger partial charge < -0.3 is 9.88 Å². The summed E-state index contributed by atoms with van der Waals surface area (Å²) in [6.45, 7) is 4.05. The van der Waals surface area contributed by atoms with E-state index in [-0.39, 0.29) is 11.5 Å². The monoisotopic (exact) mass is 402 g/mol. The largest absolute Gasteiger partial charge is 0.340 e. The molecule has 0 bridgehead atoms. The Kier molecular flexibility index (Phi) is 6.35. The van der Waals surface area contributed by atoms with Crippen LogP contribution in [-0.2, 0) is 11.2 Å². The van der Waals surface area contributed by atoms with Gasteiger partial charge in [-0.2, -0.15) is 0 Å². The third kappa shape index (κ3) is 5.02. The average molecular weight is 402 g/mol. The second-order valence-electron chi connectivity index (χ2n) is 7.52. The molecule has 1 aliphatic heterocycles. The van der Waals surface area contributed by atoms with Gasteiger partial charge >= 0.3 is 0 Å². The first-order valence-electron chi connectivity index (χ1n) is 10.4.